The van der Waals surface area contributed by atoms with Crippen LogP contribution in [0, 0.1) is 0 Å². The van der Waals surface area contributed by atoms with Crippen molar-refractivity contribution >= 4 is 31.9 Å². The van der Waals surface area contributed by atoms with E-state index in [-0.39, 0.29) is 17.1 Å². The van der Waals surface area contributed by atoms with E-state index in [4.69, 9.17) is 4.74 Å². The number of esters is 1. The number of rotatable bonds is 6. The first-order valence-electron chi connectivity index (χ1n) is 5.84. The van der Waals surface area contributed by atoms with Gasteiger partial charge in [-0.15, -0.1) is 0 Å². The lowest BCUT2D eigenvalue weighted by molar-refractivity contribution is -0.0258. The van der Waals surface area contributed by atoms with Crippen LogP contribution >= 0.6 is 15.9 Å². The summed E-state index contributed by atoms with van der Waals surface area (Å²) in [5.74, 6) is -0.573. The van der Waals surface area contributed by atoms with E-state index in [1.54, 1.807) is 0 Å². The fourth-order valence-electron chi connectivity index (χ4n) is 1.34. The van der Waals surface area contributed by atoms with Gasteiger partial charge in [0.2, 0.25) is 0 Å². The Hall–Kier alpha value is -0.960. The zero-order valence-electron chi connectivity index (χ0n) is 11.4. The van der Waals surface area contributed by atoms with Crippen LogP contribution in [-0.2, 0) is 19.6 Å². The maximum Gasteiger partial charge on any atom is 0.339 e. The predicted octanol–water partition coefficient (Wildman–Crippen LogP) is 2.20. The molecule has 0 aliphatic heterocycles. The fourth-order valence-corrected chi connectivity index (χ4v) is 2.75. The minimum atomic E-state index is -3.80. The van der Waals surface area contributed by atoms with Crippen molar-refractivity contribution in [3.05, 3.63) is 28.2 Å². The molecule has 20 heavy (non-hydrogen) atoms. The Morgan fingerprint density at radius 2 is 2.05 bits per heavy atom. The molecule has 0 heterocycles. The molecule has 0 bridgehead atoms. The smallest absolute Gasteiger partial charge is 0.339 e. The van der Waals surface area contributed by atoms with Crippen LogP contribution in [0.5, 0.6) is 0 Å². The molecular formula is C12H16BrNO5S. The number of hydrogen-bond acceptors (Lipinski definition) is 5. The van der Waals surface area contributed by atoms with Crippen LogP contribution in [0.4, 0.5) is 0 Å². The second-order valence-electron chi connectivity index (χ2n) is 3.87. The number of hydroxylamine groups is 1. The fraction of sp³-hybridized carbons (Fsp3) is 0.417. The lowest BCUT2D eigenvalue weighted by Gasteiger charge is -2.15. The minimum absolute atomic E-state index is 0.0477. The van der Waals surface area contributed by atoms with Crippen molar-refractivity contribution in [1.82, 2.24) is 4.47 Å². The second-order valence-corrected chi connectivity index (χ2v) is 6.66. The number of ether oxygens (including phenoxy) is 1. The molecule has 0 atom stereocenters. The first-order chi connectivity index (χ1) is 9.34. The molecule has 0 aromatic heterocycles. The number of carbonyl (C=O) groups excluding carboxylic acids is 1. The van der Waals surface area contributed by atoms with Crippen molar-refractivity contribution in [3.8, 4) is 0 Å². The largest absolute Gasteiger partial charge is 0.462 e. The van der Waals surface area contributed by atoms with Crippen molar-refractivity contribution in [2.45, 2.75) is 18.2 Å². The summed E-state index contributed by atoms with van der Waals surface area (Å²) in [6.07, 6.45) is 0.688. The molecule has 0 fully saturated rings. The molecular weight excluding hydrogens is 350 g/mol. The highest BCUT2D eigenvalue weighted by molar-refractivity contribution is 9.10. The Bertz CT molecular complexity index is 588. The van der Waals surface area contributed by atoms with Gasteiger partial charge in [-0.25, -0.2) is 13.2 Å². The van der Waals surface area contributed by atoms with Gasteiger partial charge in [0, 0.05) is 11.5 Å². The Morgan fingerprint density at radius 1 is 1.40 bits per heavy atom. The van der Waals surface area contributed by atoms with E-state index in [0.29, 0.717) is 10.9 Å². The number of hydrogen-bond donors (Lipinski definition) is 0. The monoisotopic (exact) mass is 365 g/mol. The molecule has 0 radical (unpaired) electrons. The molecule has 8 heteroatoms. The van der Waals surface area contributed by atoms with Gasteiger partial charge in [0.15, 0.2) is 0 Å². The molecule has 0 saturated carbocycles. The average Bonchev–Trinajstić information content (AvgIpc) is 2.43. The maximum atomic E-state index is 12.1. The van der Waals surface area contributed by atoms with Crippen molar-refractivity contribution in [3.63, 3.8) is 0 Å². The van der Waals surface area contributed by atoms with E-state index in [2.05, 4.69) is 20.8 Å². The van der Waals surface area contributed by atoms with Crippen molar-refractivity contribution in [1.29, 1.82) is 0 Å². The van der Waals surface area contributed by atoms with Gasteiger partial charge in [0.25, 0.3) is 10.0 Å². The van der Waals surface area contributed by atoms with Crippen LogP contribution in [0.15, 0.2) is 27.6 Å². The van der Waals surface area contributed by atoms with Crippen LogP contribution in [0.2, 0.25) is 0 Å². The van der Waals surface area contributed by atoms with Crippen molar-refractivity contribution in [2.24, 2.45) is 0 Å². The Balaban J connectivity index is 3.18. The van der Waals surface area contributed by atoms with E-state index in [0.717, 1.165) is 4.47 Å². The normalized spacial score (nSPS) is 11.7. The number of halogens is 1. The Morgan fingerprint density at radius 3 is 2.60 bits per heavy atom. The summed E-state index contributed by atoms with van der Waals surface area (Å²) in [6, 6.07) is 4.12. The SMILES string of the molecule is CCCOC(=O)c1cc(S(=O)(=O)N(C)OC)ccc1Br. The summed E-state index contributed by atoms with van der Waals surface area (Å²) in [4.78, 5) is 16.5. The summed E-state index contributed by atoms with van der Waals surface area (Å²) in [5.41, 5.74) is 0.157. The van der Waals surface area contributed by atoms with Crippen molar-refractivity contribution < 1.29 is 22.8 Å². The summed E-state index contributed by atoms with van der Waals surface area (Å²) in [5, 5.41) is 0. The van der Waals surface area contributed by atoms with Crippen LogP contribution < -0.4 is 0 Å². The second kappa shape index (κ2) is 7.16. The molecule has 0 amide bonds. The van der Waals surface area contributed by atoms with Crippen LogP contribution in [0.1, 0.15) is 23.7 Å². The van der Waals surface area contributed by atoms with Crippen LogP contribution in [0.3, 0.4) is 0 Å². The molecule has 0 spiro atoms. The third-order valence-corrected chi connectivity index (χ3v) is 4.86. The van der Waals surface area contributed by atoms with Gasteiger partial charge < -0.3 is 4.74 Å². The number of sulfonamides is 1. The number of benzene rings is 1. The predicted molar refractivity (Wildman–Crippen MR) is 76.7 cm³/mol. The highest BCUT2D eigenvalue weighted by Crippen LogP contribution is 2.23. The Kier molecular flexibility index (Phi) is 6.12. The molecule has 0 unspecified atom stereocenters. The quantitative estimate of drug-likeness (QED) is 0.570. The lowest BCUT2D eigenvalue weighted by Crippen LogP contribution is -2.26. The number of carbonyl (C=O) groups is 1. The highest BCUT2D eigenvalue weighted by Gasteiger charge is 2.23. The van der Waals surface area contributed by atoms with Crippen LogP contribution in [0.25, 0.3) is 0 Å². The molecule has 0 N–H and O–H groups in total. The third kappa shape index (κ3) is 3.78. The maximum absolute atomic E-state index is 12.1. The molecule has 0 saturated heterocycles. The molecule has 1 rings (SSSR count). The standard InChI is InChI=1S/C12H16BrNO5S/c1-4-7-19-12(15)10-8-9(5-6-11(10)13)20(16,17)14(2)18-3/h5-6,8H,4,7H2,1-3H3. The van der Waals surface area contributed by atoms with Gasteiger partial charge >= 0.3 is 5.97 Å². The average molecular weight is 366 g/mol. The summed E-state index contributed by atoms with van der Waals surface area (Å²) in [6.45, 7) is 2.15. The molecule has 0 aliphatic carbocycles. The van der Waals surface area contributed by atoms with E-state index >= 15 is 0 Å². The first kappa shape index (κ1) is 17.1. The zero-order chi connectivity index (χ0) is 15.3. The molecule has 1 aromatic rings. The van der Waals surface area contributed by atoms with Crippen molar-refractivity contribution in [2.75, 3.05) is 20.8 Å². The van der Waals surface area contributed by atoms with Gasteiger partial charge in [-0.2, -0.15) is 0 Å². The first-order valence-corrected chi connectivity index (χ1v) is 8.07. The number of nitrogens with zero attached hydrogens (tertiary/aromatic N) is 1. The van der Waals surface area contributed by atoms with E-state index < -0.39 is 16.0 Å². The van der Waals surface area contributed by atoms with E-state index in [1.165, 1.54) is 32.4 Å². The minimum Gasteiger partial charge on any atom is -0.462 e. The summed E-state index contributed by atoms with van der Waals surface area (Å²) >= 11 is 3.20. The highest BCUT2D eigenvalue weighted by atomic mass is 79.9. The van der Waals surface area contributed by atoms with Gasteiger partial charge in [0.1, 0.15) is 0 Å². The van der Waals surface area contributed by atoms with Gasteiger partial charge in [-0.1, -0.05) is 11.4 Å². The molecule has 112 valence electrons. The van der Waals surface area contributed by atoms with Gasteiger partial charge in [-0.05, 0) is 40.5 Å². The molecule has 1 aromatic carbocycles. The summed E-state index contributed by atoms with van der Waals surface area (Å²) < 4.78 is 30.4. The zero-order valence-corrected chi connectivity index (χ0v) is 13.8. The lowest BCUT2D eigenvalue weighted by atomic mass is 10.2. The van der Waals surface area contributed by atoms with E-state index in [1.807, 2.05) is 6.92 Å². The third-order valence-electron chi connectivity index (χ3n) is 2.49. The van der Waals surface area contributed by atoms with Gasteiger partial charge in [-0.3, -0.25) is 4.84 Å². The topological polar surface area (TPSA) is 72.9 Å². The van der Waals surface area contributed by atoms with Crippen LogP contribution in [-0.4, -0.2) is 39.6 Å². The molecule has 6 nitrogen and oxygen atoms in total. The Labute approximate surface area is 126 Å². The molecule has 0 aliphatic rings. The summed E-state index contributed by atoms with van der Waals surface area (Å²) in [7, 11) is -1.29. The van der Waals surface area contributed by atoms with E-state index in [9.17, 15) is 13.2 Å². The van der Waals surface area contributed by atoms with Gasteiger partial charge in [0.05, 0.1) is 24.2 Å².